The normalized spacial score (nSPS) is 13.0. The number of halogens is 1. The summed E-state index contributed by atoms with van der Waals surface area (Å²) in [5, 5.41) is 13.9. The van der Waals surface area contributed by atoms with Gasteiger partial charge in [0.2, 0.25) is 5.91 Å². The van der Waals surface area contributed by atoms with E-state index in [0.717, 1.165) is 11.1 Å². The highest BCUT2D eigenvalue weighted by atomic mass is 35.5. The number of rotatable bonds is 6. The molecule has 138 valence electrons. The molecular weight excluding hydrogens is 358 g/mol. The maximum atomic E-state index is 12.8. The monoisotopic (exact) mass is 379 g/mol. The molecule has 0 aliphatic rings. The van der Waals surface area contributed by atoms with Gasteiger partial charge in [0, 0.05) is 22.9 Å². The van der Waals surface area contributed by atoms with Crippen molar-refractivity contribution < 1.29 is 9.90 Å². The minimum Gasteiger partial charge on any atom is -0.508 e. The van der Waals surface area contributed by atoms with E-state index in [1.807, 2.05) is 67.6 Å². The average Bonchev–Trinajstić information content (AvgIpc) is 2.69. The maximum absolute atomic E-state index is 12.8. The van der Waals surface area contributed by atoms with Crippen molar-refractivity contribution in [3.63, 3.8) is 0 Å². The van der Waals surface area contributed by atoms with E-state index in [2.05, 4.69) is 5.32 Å². The Balaban J connectivity index is 1.83. The van der Waals surface area contributed by atoms with Crippen molar-refractivity contribution in [2.75, 3.05) is 0 Å². The summed E-state index contributed by atoms with van der Waals surface area (Å²) < 4.78 is 0. The van der Waals surface area contributed by atoms with Crippen LogP contribution in [0, 0.1) is 0 Å². The third-order valence-corrected chi connectivity index (χ3v) is 4.87. The quantitative estimate of drug-likeness (QED) is 0.598. The zero-order chi connectivity index (χ0) is 19.2. The molecule has 27 heavy (non-hydrogen) atoms. The Morgan fingerprint density at radius 1 is 0.963 bits per heavy atom. The molecular formula is C23H22ClNO2. The molecule has 0 heterocycles. The smallest absolute Gasteiger partial charge is 0.221 e. The fourth-order valence-corrected chi connectivity index (χ4v) is 3.39. The Hall–Kier alpha value is -2.78. The van der Waals surface area contributed by atoms with Crippen molar-refractivity contribution in [1.29, 1.82) is 0 Å². The van der Waals surface area contributed by atoms with Gasteiger partial charge in [-0.2, -0.15) is 0 Å². The Morgan fingerprint density at radius 2 is 1.56 bits per heavy atom. The first-order valence-corrected chi connectivity index (χ1v) is 9.30. The molecule has 0 radical (unpaired) electrons. The van der Waals surface area contributed by atoms with Gasteiger partial charge in [-0.05, 0) is 36.2 Å². The highest BCUT2D eigenvalue weighted by Gasteiger charge is 2.22. The summed E-state index contributed by atoms with van der Waals surface area (Å²) >= 11 is 6.14. The SMILES string of the molecule is C[C@H](NC(=O)C[C@@H](c1ccccc1)c1cc(Cl)ccc1O)c1ccccc1. The first-order valence-electron chi connectivity index (χ1n) is 8.92. The lowest BCUT2D eigenvalue weighted by atomic mass is 9.87. The number of phenols is 1. The van der Waals surface area contributed by atoms with E-state index in [9.17, 15) is 9.90 Å². The predicted molar refractivity (Wildman–Crippen MR) is 109 cm³/mol. The highest BCUT2D eigenvalue weighted by Crippen LogP contribution is 2.35. The van der Waals surface area contributed by atoms with E-state index in [4.69, 9.17) is 11.6 Å². The summed E-state index contributed by atoms with van der Waals surface area (Å²) in [6, 6.07) is 24.4. The molecule has 2 N–H and O–H groups in total. The number of benzene rings is 3. The van der Waals surface area contributed by atoms with Crippen molar-refractivity contribution in [2.45, 2.75) is 25.3 Å². The molecule has 3 rings (SSSR count). The maximum Gasteiger partial charge on any atom is 0.221 e. The second-order valence-corrected chi connectivity index (χ2v) is 7.01. The van der Waals surface area contributed by atoms with Crippen LogP contribution in [0.25, 0.3) is 0 Å². The summed E-state index contributed by atoms with van der Waals surface area (Å²) in [7, 11) is 0. The Bertz CT molecular complexity index is 897. The van der Waals surface area contributed by atoms with Gasteiger partial charge in [0.1, 0.15) is 5.75 Å². The number of carbonyl (C=O) groups is 1. The Kier molecular flexibility index (Phi) is 6.15. The van der Waals surface area contributed by atoms with Crippen LogP contribution in [0.3, 0.4) is 0 Å². The van der Waals surface area contributed by atoms with Gasteiger partial charge in [0.25, 0.3) is 0 Å². The van der Waals surface area contributed by atoms with E-state index in [1.54, 1.807) is 18.2 Å². The minimum absolute atomic E-state index is 0.0837. The lowest BCUT2D eigenvalue weighted by Gasteiger charge is -2.21. The molecule has 1 amide bonds. The van der Waals surface area contributed by atoms with Gasteiger partial charge in [-0.1, -0.05) is 72.3 Å². The van der Waals surface area contributed by atoms with Crippen molar-refractivity contribution in [2.24, 2.45) is 0 Å². The fraction of sp³-hybridized carbons (Fsp3) is 0.174. The van der Waals surface area contributed by atoms with E-state index in [-0.39, 0.29) is 30.0 Å². The van der Waals surface area contributed by atoms with E-state index in [0.29, 0.717) is 10.6 Å². The molecule has 0 bridgehead atoms. The first kappa shape index (κ1) is 19.0. The Labute approximate surface area is 164 Å². The van der Waals surface area contributed by atoms with Gasteiger partial charge in [-0.3, -0.25) is 4.79 Å². The zero-order valence-electron chi connectivity index (χ0n) is 15.1. The number of carbonyl (C=O) groups excluding carboxylic acids is 1. The fourth-order valence-electron chi connectivity index (χ4n) is 3.21. The van der Waals surface area contributed by atoms with E-state index >= 15 is 0 Å². The number of hydrogen-bond donors (Lipinski definition) is 2. The van der Waals surface area contributed by atoms with Gasteiger partial charge in [0.15, 0.2) is 0 Å². The molecule has 2 atom stereocenters. The lowest BCUT2D eigenvalue weighted by Crippen LogP contribution is -2.28. The number of phenolic OH excluding ortho intramolecular Hbond substituents is 1. The third-order valence-electron chi connectivity index (χ3n) is 4.63. The van der Waals surface area contributed by atoms with Crippen molar-refractivity contribution in [3.05, 3.63) is 101 Å². The lowest BCUT2D eigenvalue weighted by molar-refractivity contribution is -0.121. The van der Waals surface area contributed by atoms with Gasteiger partial charge >= 0.3 is 0 Å². The molecule has 3 nitrogen and oxygen atoms in total. The summed E-state index contributed by atoms with van der Waals surface area (Å²) in [5.41, 5.74) is 2.65. The van der Waals surface area contributed by atoms with Gasteiger partial charge in [-0.15, -0.1) is 0 Å². The molecule has 0 aliphatic carbocycles. The standard InChI is InChI=1S/C23H22ClNO2/c1-16(17-8-4-2-5-9-17)25-23(27)15-20(18-10-6-3-7-11-18)21-14-19(24)12-13-22(21)26/h2-14,16,20,26H,15H2,1H3,(H,25,27)/t16-,20-/m0/s1. The summed E-state index contributed by atoms with van der Waals surface area (Å²) in [6.45, 7) is 1.96. The molecule has 3 aromatic rings. The van der Waals surface area contributed by atoms with Crippen LogP contribution in [0.4, 0.5) is 0 Å². The number of hydrogen-bond acceptors (Lipinski definition) is 2. The second kappa shape index (κ2) is 8.74. The zero-order valence-corrected chi connectivity index (χ0v) is 15.9. The van der Waals surface area contributed by atoms with Gasteiger partial charge < -0.3 is 10.4 Å². The van der Waals surface area contributed by atoms with E-state index in [1.165, 1.54) is 0 Å². The summed E-state index contributed by atoms with van der Waals surface area (Å²) in [6.07, 6.45) is 0.217. The first-order chi connectivity index (χ1) is 13.0. The van der Waals surface area contributed by atoms with Gasteiger partial charge in [-0.25, -0.2) is 0 Å². The molecule has 0 aliphatic heterocycles. The summed E-state index contributed by atoms with van der Waals surface area (Å²) in [4.78, 5) is 12.8. The highest BCUT2D eigenvalue weighted by molar-refractivity contribution is 6.30. The van der Waals surface area contributed by atoms with Gasteiger partial charge in [0.05, 0.1) is 6.04 Å². The van der Waals surface area contributed by atoms with Crippen LogP contribution in [0.1, 0.15) is 42.0 Å². The van der Waals surface area contributed by atoms with Crippen LogP contribution in [0.2, 0.25) is 5.02 Å². The van der Waals surface area contributed by atoms with Crippen molar-refractivity contribution in [3.8, 4) is 5.75 Å². The Morgan fingerprint density at radius 3 is 2.19 bits per heavy atom. The molecule has 0 saturated carbocycles. The van der Waals surface area contributed by atoms with Crippen LogP contribution in [0.15, 0.2) is 78.9 Å². The third kappa shape index (κ3) is 4.89. The van der Waals surface area contributed by atoms with Crippen LogP contribution in [0.5, 0.6) is 5.75 Å². The molecule has 0 aromatic heterocycles. The van der Waals surface area contributed by atoms with E-state index < -0.39 is 0 Å². The largest absolute Gasteiger partial charge is 0.508 e. The number of nitrogens with one attached hydrogen (secondary N) is 1. The molecule has 4 heteroatoms. The molecule has 0 fully saturated rings. The molecule has 0 saturated heterocycles. The predicted octanol–water partition coefficient (Wildman–Crippen LogP) is 5.45. The number of aromatic hydroxyl groups is 1. The van der Waals surface area contributed by atoms with Crippen LogP contribution in [-0.2, 0) is 4.79 Å². The topological polar surface area (TPSA) is 49.3 Å². The van der Waals surface area contributed by atoms with Crippen molar-refractivity contribution in [1.82, 2.24) is 5.32 Å². The van der Waals surface area contributed by atoms with Crippen molar-refractivity contribution >= 4 is 17.5 Å². The molecule has 0 unspecified atom stereocenters. The minimum atomic E-state index is -0.284. The molecule has 0 spiro atoms. The number of amides is 1. The molecule has 3 aromatic carbocycles. The second-order valence-electron chi connectivity index (χ2n) is 6.57. The van der Waals surface area contributed by atoms with Crippen LogP contribution >= 0.6 is 11.6 Å². The average molecular weight is 380 g/mol. The summed E-state index contributed by atoms with van der Waals surface area (Å²) in [5.74, 6) is -0.232. The van der Waals surface area contributed by atoms with Crippen LogP contribution in [-0.4, -0.2) is 11.0 Å². The van der Waals surface area contributed by atoms with Crippen LogP contribution < -0.4 is 5.32 Å².